The number of rotatable bonds is 8. The fourth-order valence-electron chi connectivity index (χ4n) is 1.92. The molecule has 0 spiro atoms. The summed E-state index contributed by atoms with van der Waals surface area (Å²) < 4.78 is 10.7. The number of esters is 1. The summed E-state index contributed by atoms with van der Waals surface area (Å²) in [6.07, 6.45) is 1.22. The Bertz CT molecular complexity index is 374. The standard InChI is InChI=1S/C15H23NO3/c1-3-15(12-16,14(17)18-4-2)10-11-19-13-8-6-5-7-9-13/h5-9H,3-4,10-12,16H2,1-2H3. The summed E-state index contributed by atoms with van der Waals surface area (Å²) in [5.74, 6) is 0.574. The average Bonchev–Trinajstić information content (AvgIpc) is 2.45. The quantitative estimate of drug-likeness (QED) is 0.733. The first kappa shape index (κ1) is 15.5. The zero-order valence-corrected chi connectivity index (χ0v) is 11.7. The predicted octanol–water partition coefficient (Wildman–Crippen LogP) is 2.37. The van der Waals surface area contributed by atoms with Crippen molar-refractivity contribution in [3.8, 4) is 5.75 Å². The second kappa shape index (κ2) is 7.79. The molecule has 0 aliphatic heterocycles. The van der Waals surface area contributed by atoms with Crippen LogP contribution in [0.5, 0.6) is 5.75 Å². The molecular weight excluding hydrogens is 242 g/mol. The minimum absolute atomic E-state index is 0.225. The van der Waals surface area contributed by atoms with Gasteiger partial charge in [-0.1, -0.05) is 25.1 Å². The number of hydrogen-bond acceptors (Lipinski definition) is 4. The summed E-state index contributed by atoms with van der Waals surface area (Å²) in [4.78, 5) is 12.0. The molecule has 106 valence electrons. The van der Waals surface area contributed by atoms with Gasteiger partial charge < -0.3 is 15.2 Å². The summed E-state index contributed by atoms with van der Waals surface area (Å²) in [6, 6.07) is 9.54. The van der Waals surface area contributed by atoms with Gasteiger partial charge in [-0.25, -0.2) is 0 Å². The Labute approximate surface area is 114 Å². The van der Waals surface area contributed by atoms with E-state index in [1.807, 2.05) is 37.3 Å². The first-order valence-corrected chi connectivity index (χ1v) is 6.73. The molecule has 19 heavy (non-hydrogen) atoms. The molecular formula is C15H23NO3. The van der Waals surface area contributed by atoms with Crippen LogP contribution in [0.3, 0.4) is 0 Å². The highest BCUT2D eigenvalue weighted by atomic mass is 16.5. The molecule has 1 atom stereocenters. The average molecular weight is 265 g/mol. The zero-order chi connectivity index (χ0) is 14.1. The summed E-state index contributed by atoms with van der Waals surface area (Å²) in [7, 11) is 0. The maximum absolute atomic E-state index is 12.0. The lowest BCUT2D eigenvalue weighted by molar-refractivity contribution is -0.156. The van der Waals surface area contributed by atoms with E-state index in [4.69, 9.17) is 15.2 Å². The maximum Gasteiger partial charge on any atom is 0.313 e. The van der Waals surface area contributed by atoms with Gasteiger partial charge in [0.1, 0.15) is 5.75 Å². The number of para-hydroxylation sites is 1. The fourth-order valence-corrected chi connectivity index (χ4v) is 1.92. The van der Waals surface area contributed by atoms with Crippen molar-refractivity contribution in [3.63, 3.8) is 0 Å². The third-order valence-electron chi connectivity index (χ3n) is 3.37. The van der Waals surface area contributed by atoms with Crippen LogP contribution in [0.2, 0.25) is 0 Å². The van der Waals surface area contributed by atoms with E-state index in [2.05, 4.69) is 0 Å². The van der Waals surface area contributed by atoms with Crippen LogP contribution in [-0.4, -0.2) is 25.7 Å². The Kier molecular flexibility index (Phi) is 6.36. The molecule has 0 heterocycles. The largest absolute Gasteiger partial charge is 0.494 e. The number of benzene rings is 1. The van der Waals surface area contributed by atoms with Crippen LogP contribution in [0.15, 0.2) is 30.3 Å². The van der Waals surface area contributed by atoms with Crippen molar-refractivity contribution in [3.05, 3.63) is 30.3 Å². The Morgan fingerprint density at radius 3 is 2.47 bits per heavy atom. The van der Waals surface area contributed by atoms with Gasteiger partial charge in [-0.15, -0.1) is 0 Å². The molecule has 0 fully saturated rings. The van der Waals surface area contributed by atoms with Crippen LogP contribution in [0.1, 0.15) is 26.7 Å². The normalized spacial score (nSPS) is 13.6. The molecule has 0 saturated carbocycles. The third-order valence-corrected chi connectivity index (χ3v) is 3.37. The lowest BCUT2D eigenvalue weighted by atomic mass is 9.82. The number of carbonyl (C=O) groups is 1. The summed E-state index contributed by atoms with van der Waals surface area (Å²) in [5.41, 5.74) is 5.14. The molecule has 1 aromatic carbocycles. The highest BCUT2D eigenvalue weighted by Crippen LogP contribution is 2.27. The van der Waals surface area contributed by atoms with Crippen molar-refractivity contribution < 1.29 is 14.3 Å². The maximum atomic E-state index is 12.0. The lowest BCUT2D eigenvalue weighted by Gasteiger charge is -2.28. The molecule has 4 heteroatoms. The zero-order valence-electron chi connectivity index (χ0n) is 11.7. The van der Waals surface area contributed by atoms with Crippen LogP contribution in [0.4, 0.5) is 0 Å². The van der Waals surface area contributed by atoms with Gasteiger partial charge in [0.25, 0.3) is 0 Å². The van der Waals surface area contributed by atoms with Gasteiger partial charge in [0.2, 0.25) is 0 Å². The fraction of sp³-hybridized carbons (Fsp3) is 0.533. The van der Waals surface area contributed by atoms with E-state index in [-0.39, 0.29) is 12.5 Å². The van der Waals surface area contributed by atoms with Gasteiger partial charge in [0.15, 0.2) is 0 Å². The summed E-state index contributed by atoms with van der Waals surface area (Å²) >= 11 is 0. The van der Waals surface area contributed by atoms with Crippen molar-refractivity contribution in [2.45, 2.75) is 26.7 Å². The van der Waals surface area contributed by atoms with E-state index in [1.165, 1.54) is 0 Å². The Morgan fingerprint density at radius 1 is 1.26 bits per heavy atom. The van der Waals surface area contributed by atoms with E-state index < -0.39 is 5.41 Å². The van der Waals surface area contributed by atoms with Gasteiger partial charge in [-0.05, 0) is 31.9 Å². The first-order chi connectivity index (χ1) is 9.18. The summed E-state index contributed by atoms with van der Waals surface area (Å²) in [6.45, 7) is 4.86. The van der Waals surface area contributed by atoms with Crippen LogP contribution in [0, 0.1) is 5.41 Å². The highest BCUT2D eigenvalue weighted by Gasteiger charge is 2.36. The Hall–Kier alpha value is -1.55. The molecule has 0 aromatic heterocycles. The molecule has 0 saturated heterocycles. The van der Waals surface area contributed by atoms with Crippen molar-refractivity contribution in [2.24, 2.45) is 11.1 Å². The second-order valence-electron chi connectivity index (χ2n) is 4.47. The first-order valence-electron chi connectivity index (χ1n) is 6.73. The molecule has 0 radical (unpaired) electrons. The van der Waals surface area contributed by atoms with Crippen LogP contribution < -0.4 is 10.5 Å². The van der Waals surface area contributed by atoms with Gasteiger partial charge in [0, 0.05) is 6.54 Å². The van der Waals surface area contributed by atoms with E-state index in [0.29, 0.717) is 26.1 Å². The topological polar surface area (TPSA) is 61.5 Å². The van der Waals surface area contributed by atoms with Gasteiger partial charge in [-0.3, -0.25) is 4.79 Å². The van der Waals surface area contributed by atoms with Crippen molar-refractivity contribution in [1.29, 1.82) is 0 Å². The van der Waals surface area contributed by atoms with Crippen molar-refractivity contribution in [2.75, 3.05) is 19.8 Å². The number of ether oxygens (including phenoxy) is 2. The minimum atomic E-state index is -0.634. The predicted molar refractivity (Wildman–Crippen MR) is 75.0 cm³/mol. The molecule has 0 amide bonds. The monoisotopic (exact) mass is 265 g/mol. The molecule has 0 bridgehead atoms. The van der Waals surface area contributed by atoms with Gasteiger partial charge >= 0.3 is 5.97 Å². The van der Waals surface area contributed by atoms with Gasteiger partial charge in [0.05, 0.1) is 18.6 Å². The van der Waals surface area contributed by atoms with Gasteiger partial charge in [-0.2, -0.15) is 0 Å². The summed E-state index contributed by atoms with van der Waals surface area (Å²) in [5, 5.41) is 0. The number of hydrogen-bond donors (Lipinski definition) is 1. The van der Waals surface area contributed by atoms with Crippen LogP contribution in [-0.2, 0) is 9.53 Å². The second-order valence-corrected chi connectivity index (χ2v) is 4.47. The van der Waals surface area contributed by atoms with E-state index in [9.17, 15) is 4.79 Å². The number of carbonyl (C=O) groups excluding carboxylic acids is 1. The molecule has 4 nitrogen and oxygen atoms in total. The number of nitrogens with two attached hydrogens (primary N) is 1. The van der Waals surface area contributed by atoms with E-state index in [0.717, 1.165) is 5.75 Å². The SMILES string of the molecule is CCOC(=O)C(CC)(CN)CCOc1ccccc1. The minimum Gasteiger partial charge on any atom is -0.494 e. The lowest BCUT2D eigenvalue weighted by Crippen LogP contribution is -2.40. The highest BCUT2D eigenvalue weighted by molar-refractivity contribution is 5.77. The van der Waals surface area contributed by atoms with E-state index >= 15 is 0 Å². The van der Waals surface area contributed by atoms with Crippen molar-refractivity contribution >= 4 is 5.97 Å². The van der Waals surface area contributed by atoms with E-state index in [1.54, 1.807) is 6.92 Å². The van der Waals surface area contributed by atoms with Crippen LogP contribution >= 0.6 is 0 Å². The third kappa shape index (κ3) is 4.24. The molecule has 1 aromatic rings. The Balaban J connectivity index is 2.56. The Morgan fingerprint density at radius 2 is 1.95 bits per heavy atom. The molecule has 1 unspecified atom stereocenters. The molecule has 0 aliphatic carbocycles. The van der Waals surface area contributed by atoms with Crippen LogP contribution in [0.25, 0.3) is 0 Å². The molecule has 1 rings (SSSR count). The molecule has 0 aliphatic rings. The smallest absolute Gasteiger partial charge is 0.313 e. The van der Waals surface area contributed by atoms with Crippen molar-refractivity contribution in [1.82, 2.24) is 0 Å². The molecule has 2 N–H and O–H groups in total.